The molecule has 0 amide bonds. The van der Waals surface area contributed by atoms with Gasteiger partial charge in [0.2, 0.25) is 0 Å². The summed E-state index contributed by atoms with van der Waals surface area (Å²) in [7, 11) is 1.44. The molecule has 0 unspecified atom stereocenters. The molecule has 19 heavy (non-hydrogen) atoms. The Morgan fingerprint density at radius 3 is 2.21 bits per heavy atom. The molecular formula is C16H16O2S. The zero-order valence-electron chi connectivity index (χ0n) is 10.8. The van der Waals surface area contributed by atoms with Gasteiger partial charge >= 0.3 is 5.97 Å². The van der Waals surface area contributed by atoms with Crippen molar-refractivity contribution >= 4 is 17.7 Å². The number of rotatable bonds is 5. The summed E-state index contributed by atoms with van der Waals surface area (Å²) in [6.45, 7) is 0. The molecule has 2 nitrogen and oxygen atoms in total. The van der Waals surface area contributed by atoms with Crippen molar-refractivity contribution < 1.29 is 9.53 Å². The summed E-state index contributed by atoms with van der Waals surface area (Å²) in [6, 6.07) is 19.8. The molecule has 0 aliphatic rings. The van der Waals surface area contributed by atoms with Gasteiger partial charge in [-0.1, -0.05) is 48.5 Å². The molecule has 0 spiro atoms. The van der Waals surface area contributed by atoms with Crippen LogP contribution in [0.15, 0.2) is 65.6 Å². The van der Waals surface area contributed by atoms with Gasteiger partial charge < -0.3 is 4.74 Å². The molecule has 2 aromatic carbocycles. The lowest BCUT2D eigenvalue weighted by atomic mass is 10.0. The molecule has 0 saturated carbocycles. The molecule has 3 heteroatoms. The van der Waals surface area contributed by atoms with Crippen LogP contribution in [0.5, 0.6) is 0 Å². The predicted octanol–water partition coefficient (Wildman–Crippen LogP) is 3.74. The van der Waals surface area contributed by atoms with Gasteiger partial charge in [-0.15, -0.1) is 11.8 Å². The predicted molar refractivity (Wildman–Crippen MR) is 78.4 cm³/mol. The van der Waals surface area contributed by atoms with Crippen molar-refractivity contribution in [2.45, 2.75) is 10.8 Å². The second kappa shape index (κ2) is 7.00. The van der Waals surface area contributed by atoms with E-state index in [9.17, 15) is 4.79 Å². The largest absolute Gasteiger partial charge is 0.469 e. The van der Waals surface area contributed by atoms with Crippen LogP contribution < -0.4 is 0 Å². The topological polar surface area (TPSA) is 26.3 Å². The first-order valence-corrected chi connectivity index (χ1v) is 7.10. The minimum absolute atomic E-state index is 0.186. The molecule has 0 aliphatic heterocycles. The smallest absolute Gasteiger partial charge is 0.313 e. The third kappa shape index (κ3) is 3.86. The van der Waals surface area contributed by atoms with Gasteiger partial charge in [-0.25, -0.2) is 0 Å². The molecule has 0 radical (unpaired) electrons. The Morgan fingerprint density at radius 1 is 1.05 bits per heavy atom. The van der Waals surface area contributed by atoms with Crippen molar-refractivity contribution in [2.24, 2.45) is 0 Å². The number of ether oxygens (including phenoxy) is 1. The maximum atomic E-state index is 11.9. The van der Waals surface area contributed by atoms with Crippen LogP contribution in [0.3, 0.4) is 0 Å². The summed E-state index contributed by atoms with van der Waals surface area (Å²) in [6.07, 6.45) is 0. The van der Waals surface area contributed by atoms with Gasteiger partial charge in [0.25, 0.3) is 0 Å². The zero-order chi connectivity index (χ0) is 13.5. The van der Waals surface area contributed by atoms with Crippen LogP contribution >= 0.6 is 11.8 Å². The molecule has 0 bridgehead atoms. The van der Waals surface area contributed by atoms with Crippen molar-refractivity contribution in [1.82, 2.24) is 0 Å². The number of benzene rings is 2. The fraction of sp³-hybridized carbons (Fsp3) is 0.188. The standard InChI is InChI=1S/C16H16O2S/c1-18-16(17)15(13-8-4-2-5-9-13)12-19-14-10-6-3-7-11-14/h2-11,15H,12H2,1H3/t15-/m1/s1. The van der Waals surface area contributed by atoms with Crippen LogP contribution in [-0.2, 0) is 9.53 Å². The van der Waals surface area contributed by atoms with E-state index in [0.717, 1.165) is 10.5 Å². The van der Waals surface area contributed by atoms with Gasteiger partial charge in [-0.2, -0.15) is 0 Å². The van der Waals surface area contributed by atoms with E-state index in [1.807, 2.05) is 60.7 Å². The van der Waals surface area contributed by atoms with Crippen LogP contribution in [0.1, 0.15) is 11.5 Å². The van der Waals surface area contributed by atoms with Crippen molar-refractivity contribution in [3.8, 4) is 0 Å². The maximum absolute atomic E-state index is 11.9. The van der Waals surface area contributed by atoms with Crippen LogP contribution in [0.4, 0.5) is 0 Å². The second-order valence-corrected chi connectivity index (χ2v) is 5.20. The minimum Gasteiger partial charge on any atom is -0.469 e. The summed E-state index contributed by atoms with van der Waals surface area (Å²) in [5.74, 6) is 0.270. The quantitative estimate of drug-likeness (QED) is 0.612. The number of carbonyl (C=O) groups excluding carboxylic acids is 1. The monoisotopic (exact) mass is 272 g/mol. The number of methoxy groups -OCH3 is 1. The summed E-state index contributed by atoms with van der Waals surface area (Å²) < 4.78 is 4.90. The van der Waals surface area contributed by atoms with E-state index >= 15 is 0 Å². The van der Waals surface area contributed by atoms with E-state index in [4.69, 9.17) is 4.74 Å². The Morgan fingerprint density at radius 2 is 1.63 bits per heavy atom. The Kier molecular flexibility index (Phi) is 5.04. The number of carbonyl (C=O) groups is 1. The summed E-state index contributed by atoms with van der Waals surface area (Å²) >= 11 is 1.67. The summed E-state index contributed by atoms with van der Waals surface area (Å²) in [5, 5.41) is 0. The normalized spacial score (nSPS) is 11.8. The van der Waals surface area contributed by atoms with E-state index in [1.54, 1.807) is 11.8 Å². The first kappa shape index (κ1) is 13.7. The van der Waals surface area contributed by atoms with Crippen molar-refractivity contribution in [3.63, 3.8) is 0 Å². The van der Waals surface area contributed by atoms with E-state index in [2.05, 4.69) is 0 Å². The molecule has 0 aliphatic carbocycles. The third-order valence-electron chi connectivity index (χ3n) is 2.85. The lowest BCUT2D eigenvalue weighted by molar-refractivity contribution is -0.141. The Bertz CT molecular complexity index is 511. The van der Waals surface area contributed by atoms with Crippen LogP contribution in [0.25, 0.3) is 0 Å². The average Bonchev–Trinajstić information content (AvgIpc) is 2.49. The highest BCUT2D eigenvalue weighted by Crippen LogP contribution is 2.27. The SMILES string of the molecule is COC(=O)[C@H](CSc1ccccc1)c1ccccc1. The van der Waals surface area contributed by atoms with E-state index in [1.165, 1.54) is 7.11 Å². The Hall–Kier alpha value is -1.74. The molecule has 0 saturated heterocycles. The lowest BCUT2D eigenvalue weighted by Gasteiger charge is -2.14. The van der Waals surface area contributed by atoms with E-state index in [-0.39, 0.29) is 11.9 Å². The number of hydrogen-bond donors (Lipinski definition) is 0. The molecule has 2 aromatic rings. The highest BCUT2D eigenvalue weighted by Gasteiger charge is 2.21. The van der Waals surface area contributed by atoms with Gasteiger partial charge in [0.1, 0.15) is 0 Å². The summed E-state index contributed by atoms with van der Waals surface area (Å²) in [4.78, 5) is 13.1. The minimum atomic E-state index is -0.226. The van der Waals surface area contributed by atoms with Gasteiger partial charge in [0.15, 0.2) is 0 Å². The maximum Gasteiger partial charge on any atom is 0.313 e. The van der Waals surface area contributed by atoms with Gasteiger partial charge in [0, 0.05) is 10.6 Å². The molecule has 0 N–H and O–H groups in total. The van der Waals surface area contributed by atoms with E-state index < -0.39 is 0 Å². The highest BCUT2D eigenvalue weighted by atomic mass is 32.2. The fourth-order valence-electron chi connectivity index (χ4n) is 1.82. The molecule has 0 heterocycles. The Balaban J connectivity index is 2.09. The van der Waals surface area contributed by atoms with E-state index in [0.29, 0.717) is 5.75 Å². The first-order chi connectivity index (χ1) is 9.31. The van der Waals surface area contributed by atoms with Crippen LogP contribution in [-0.4, -0.2) is 18.8 Å². The molecule has 1 atom stereocenters. The second-order valence-electron chi connectivity index (χ2n) is 4.11. The highest BCUT2D eigenvalue weighted by molar-refractivity contribution is 7.99. The fourth-order valence-corrected chi connectivity index (χ4v) is 2.86. The number of thioether (sulfide) groups is 1. The first-order valence-electron chi connectivity index (χ1n) is 6.12. The molecule has 2 rings (SSSR count). The van der Waals surface area contributed by atoms with Crippen molar-refractivity contribution in [3.05, 3.63) is 66.2 Å². The summed E-state index contributed by atoms with van der Waals surface area (Å²) in [5.41, 5.74) is 0.998. The average molecular weight is 272 g/mol. The van der Waals surface area contributed by atoms with Crippen LogP contribution in [0.2, 0.25) is 0 Å². The lowest BCUT2D eigenvalue weighted by Crippen LogP contribution is -2.16. The van der Waals surface area contributed by atoms with Gasteiger partial charge in [0.05, 0.1) is 13.0 Å². The van der Waals surface area contributed by atoms with Crippen molar-refractivity contribution in [1.29, 1.82) is 0 Å². The third-order valence-corrected chi connectivity index (χ3v) is 3.95. The molecule has 98 valence electrons. The molecule has 0 fully saturated rings. The Labute approximate surface area is 117 Å². The van der Waals surface area contributed by atoms with Crippen LogP contribution in [0, 0.1) is 0 Å². The van der Waals surface area contributed by atoms with Gasteiger partial charge in [-0.3, -0.25) is 4.79 Å². The number of esters is 1. The zero-order valence-corrected chi connectivity index (χ0v) is 11.6. The molecule has 0 aromatic heterocycles. The molecular weight excluding hydrogens is 256 g/mol. The van der Waals surface area contributed by atoms with Crippen molar-refractivity contribution in [2.75, 3.05) is 12.9 Å². The number of hydrogen-bond acceptors (Lipinski definition) is 3. The van der Waals surface area contributed by atoms with Gasteiger partial charge in [-0.05, 0) is 17.7 Å².